The molecule has 2 aromatic heterocycles. The van der Waals surface area contributed by atoms with Crippen molar-refractivity contribution in [2.24, 2.45) is 0 Å². The minimum atomic E-state index is 0.136. The van der Waals surface area contributed by atoms with E-state index in [9.17, 15) is 4.79 Å². The molecule has 1 N–H and O–H groups in total. The Morgan fingerprint density at radius 2 is 1.93 bits per heavy atom. The zero-order chi connectivity index (χ0) is 20.5. The maximum absolute atomic E-state index is 11.7. The van der Waals surface area contributed by atoms with Crippen molar-refractivity contribution in [3.63, 3.8) is 0 Å². The number of thiazole rings is 1. The topological polar surface area (TPSA) is 59.8 Å². The van der Waals surface area contributed by atoms with Crippen molar-refractivity contribution in [3.05, 3.63) is 61.1 Å². The first-order valence-corrected chi connectivity index (χ1v) is 11.3. The molecule has 152 valence electrons. The smallest absolute Gasteiger partial charge is 0.219 e. The van der Waals surface area contributed by atoms with Gasteiger partial charge in [0.05, 0.1) is 28.4 Å². The van der Waals surface area contributed by atoms with Gasteiger partial charge >= 0.3 is 0 Å². The molecule has 6 heteroatoms. The van der Waals surface area contributed by atoms with E-state index < -0.39 is 0 Å². The Balaban J connectivity index is 1.36. The number of fused-ring (bicyclic) bond motifs is 1. The first kappa shape index (κ1) is 19.0. The summed E-state index contributed by atoms with van der Waals surface area (Å²) in [4.78, 5) is 20.9. The van der Waals surface area contributed by atoms with Crippen LogP contribution < -0.4 is 5.32 Å². The fourth-order valence-electron chi connectivity index (χ4n) is 4.27. The third kappa shape index (κ3) is 3.63. The van der Waals surface area contributed by atoms with E-state index in [4.69, 9.17) is 4.98 Å². The molecule has 30 heavy (non-hydrogen) atoms. The molecule has 5 nitrogen and oxygen atoms in total. The average Bonchev–Trinajstić information content (AvgIpc) is 3.52. The lowest BCUT2D eigenvalue weighted by molar-refractivity contribution is -0.121. The van der Waals surface area contributed by atoms with Gasteiger partial charge in [0.2, 0.25) is 5.91 Å². The zero-order valence-corrected chi connectivity index (χ0v) is 17.7. The van der Waals surface area contributed by atoms with Gasteiger partial charge in [-0.3, -0.25) is 4.79 Å². The largest absolute Gasteiger partial charge is 0.353 e. The van der Waals surface area contributed by atoms with Crippen molar-refractivity contribution in [1.29, 1.82) is 0 Å². The number of aromatic nitrogens is 3. The summed E-state index contributed by atoms with van der Waals surface area (Å²) in [7, 11) is 0. The van der Waals surface area contributed by atoms with Crippen LogP contribution in [-0.4, -0.2) is 26.5 Å². The van der Waals surface area contributed by atoms with E-state index in [-0.39, 0.29) is 11.9 Å². The van der Waals surface area contributed by atoms with E-state index in [1.165, 1.54) is 4.70 Å². The fourth-order valence-corrected chi connectivity index (χ4v) is 5.24. The van der Waals surface area contributed by atoms with Crippen LogP contribution in [0, 0.1) is 0 Å². The molecule has 0 bridgehead atoms. The molecule has 1 saturated carbocycles. The summed E-state index contributed by atoms with van der Waals surface area (Å²) in [5.41, 5.74) is 4.46. The van der Waals surface area contributed by atoms with Crippen LogP contribution in [0.3, 0.4) is 0 Å². The lowest BCUT2D eigenvalue weighted by Crippen LogP contribution is -2.32. The molecular formula is C24H24N4OS. The van der Waals surface area contributed by atoms with Gasteiger partial charge in [-0.15, -0.1) is 11.3 Å². The molecule has 2 heterocycles. The number of hydrogen-bond donors (Lipinski definition) is 1. The van der Waals surface area contributed by atoms with Gasteiger partial charge in [-0.25, -0.2) is 9.97 Å². The van der Waals surface area contributed by atoms with E-state index in [2.05, 4.69) is 57.3 Å². The molecule has 5 rings (SSSR count). The molecule has 0 radical (unpaired) electrons. The van der Waals surface area contributed by atoms with Gasteiger partial charge in [0.25, 0.3) is 0 Å². The molecule has 2 atom stereocenters. The van der Waals surface area contributed by atoms with Gasteiger partial charge in [0, 0.05) is 24.1 Å². The second kappa shape index (κ2) is 8.03. The van der Waals surface area contributed by atoms with E-state index in [1.807, 2.05) is 25.5 Å². The predicted octanol–water partition coefficient (Wildman–Crippen LogP) is 5.45. The number of nitrogens with zero attached hydrogens (tertiary/aromatic N) is 3. The number of carbonyl (C=O) groups excluding carboxylic acids is 1. The molecule has 4 aromatic rings. The van der Waals surface area contributed by atoms with Crippen molar-refractivity contribution < 1.29 is 4.79 Å². The van der Waals surface area contributed by atoms with Crippen molar-refractivity contribution in [3.8, 4) is 21.8 Å². The van der Waals surface area contributed by atoms with Gasteiger partial charge in [-0.1, -0.05) is 43.3 Å². The summed E-state index contributed by atoms with van der Waals surface area (Å²) in [5, 5.41) is 4.18. The highest BCUT2D eigenvalue weighted by Crippen LogP contribution is 2.35. The lowest BCUT2D eigenvalue weighted by Gasteiger charge is -2.17. The highest BCUT2D eigenvalue weighted by molar-refractivity contribution is 7.21. The summed E-state index contributed by atoms with van der Waals surface area (Å²) in [6.07, 6.45) is 7.43. The summed E-state index contributed by atoms with van der Waals surface area (Å²) in [6, 6.07) is 17.5. The van der Waals surface area contributed by atoms with Gasteiger partial charge in [-0.2, -0.15) is 0 Å². The SMILES string of the molecule is CCC(=O)NC1CCC(n2cncc2-c2ccc(-c3nc4ccccc4s3)cc2)C1. The molecule has 2 unspecified atom stereocenters. The Morgan fingerprint density at radius 1 is 1.13 bits per heavy atom. The lowest BCUT2D eigenvalue weighted by atomic mass is 10.1. The van der Waals surface area contributed by atoms with Gasteiger partial charge in [0.15, 0.2) is 0 Å². The number of nitrogens with one attached hydrogen (secondary N) is 1. The summed E-state index contributed by atoms with van der Waals surface area (Å²) >= 11 is 1.72. The van der Waals surface area contributed by atoms with Crippen molar-refractivity contribution in [2.75, 3.05) is 0 Å². The molecule has 0 saturated heterocycles. The van der Waals surface area contributed by atoms with Crippen LogP contribution >= 0.6 is 11.3 Å². The van der Waals surface area contributed by atoms with E-state index in [1.54, 1.807) is 11.3 Å². The second-order valence-corrected chi connectivity index (χ2v) is 8.87. The first-order valence-electron chi connectivity index (χ1n) is 10.5. The summed E-state index contributed by atoms with van der Waals surface area (Å²) < 4.78 is 3.48. The average molecular weight is 417 g/mol. The Labute approximate surface area is 179 Å². The van der Waals surface area contributed by atoms with Crippen LogP contribution in [0.2, 0.25) is 0 Å². The number of benzene rings is 2. The number of carbonyl (C=O) groups is 1. The van der Waals surface area contributed by atoms with Crippen LogP contribution in [-0.2, 0) is 4.79 Å². The third-order valence-electron chi connectivity index (χ3n) is 5.87. The first-order chi connectivity index (χ1) is 14.7. The molecule has 1 amide bonds. The summed E-state index contributed by atoms with van der Waals surface area (Å²) in [6.45, 7) is 1.90. The molecule has 0 spiro atoms. The fraction of sp³-hybridized carbons (Fsp3) is 0.292. The van der Waals surface area contributed by atoms with Crippen LogP contribution in [0.5, 0.6) is 0 Å². The Morgan fingerprint density at radius 3 is 2.73 bits per heavy atom. The molecule has 2 aromatic carbocycles. The molecular weight excluding hydrogens is 392 g/mol. The number of imidazole rings is 1. The normalized spacial score (nSPS) is 18.7. The van der Waals surface area contributed by atoms with Crippen molar-refractivity contribution in [2.45, 2.75) is 44.7 Å². The number of amides is 1. The highest BCUT2D eigenvalue weighted by Gasteiger charge is 2.28. The monoisotopic (exact) mass is 416 g/mol. The minimum absolute atomic E-state index is 0.136. The Bertz CT molecular complexity index is 1140. The second-order valence-electron chi connectivity index (χ2n) is 7.84. The van der Waals surface area contributed by atoms with Crippen molar-refractivity contribution >= 4 is 27.5 Å². The molecule has 0 aliphatic heterocycles. The van der Waals surface area contributed by atoms with Crippen LogP contribution in [0.1, 0.15) is 38.6 Å². The Kier molecular flexibility index (Phi) is 5.09. The maximum Gasteiger partial charge on any atom is 0.219 e. The number of para-hydroxylation sites is 1. The number of rotatable bonds is 5. The van der Waals surface area contributed by atoms with Crippen molar-refractivity contribution in [1.82, 2.24) is 19.9 Å². The standard InChI is InChI=1S/C24H24N4OS/c1-2-23(29)26-18-11-12-19(13-18)28-15-25-14-21(28)16-7-9-17(10-8-16)24-27-20-5-3-4-6-22(20)30-24/h3-10,14-15,18-19H,2,11-13H2,1H3,(H,26,29). The zero-order valence-electron chi connectivity index (χ0n) is 16.9. The number of hydrogen-bond acceptors (Lipinski definition) is 4. The predicted molar refractivity (Wildman–Crippen MR) is 121 cm³/mol. The van der Waals surface area contributed by atoms with Gasteiger partial charge in [-0.05, 0) is 37.0 Å². The van der Waals surface area contributed by atoms with Gasteiger partial charge in [0.1, 0.15) is 5.01 Å². The van der Waals surface area contributed by atoms with E-state index in [0.717, 1.165) is 46.6 Å². The third-order valence-corrected chi connectivity index (χ3v) is 6.96. The quantitative estimate of drug-likeness (QED) is 0.471. The van der Waals surface area contributed by atoms with E-state index in [0.29, 0.717) is 12.5 Å². The maximum atomic E-state index is 11.7. The van der Waals surface area contributed by atoms with Crippen LogP contribution in [0.25, 0.3) is 32.0 Å². The molecule has 1 aliphatic carbocycles. The van der Waals surface area contributed by atoms with Crippen LogP contribution in [0.15, 0.2) is 61.1 Å². The minimum Gasteiger partial charge on any atom is -0.353 e. The molecule has 1 aliphatic rings. The Hall–Kier alpha value is -2.99. The van der Waals surface area contributed by atoms with Crippen LogP contribution in [0.4, 0.5) is 0 Å². The summed E-state index contributed by atoms with van der Waals surface area (Å²) in [5.74, 6) is 0.136. The molecule has 1 fully saturated rings. The highest BCUT2D eigenvalue weighted by atomic mass is 32.1. The van der Waals surface area contributed by atoms with Gasteiger partial charge < -0.3 is 9.88 Å². The van der Waals surface area contributed by atoms with E-state index >= 15 is 0 Å².